The summed E-state index contributed by atoms with van der Waals surface area (Å²) in [4.78, 5) is 4.42. The molecular weight excluding hydrogens is 536 g/mol. The number of nitrogens with one attached hydrogen (secondary N) is 2. The average Bonchev–Trinajstić information content (AvgIpc) is 3.67. The number of rotatable bonds is 7. The van der Waals surface area contributed by atoms with Gasteiger partial charge >= 0.3 is 0 Å². The second-order valence-electron chi connectivity index (χ2n) is 9.37. The molecule has 1 saturated carbocycles. The Morgan fingerprint density at radius 3 is 2.69 bits per heavy atom. The maximum Gasteiger partial charge on any atom is 0.123 e. The van der Waals surface area contributed by atoms with Gasteiger partial charge in [-0.2, -0.15) is 5.26 Å². The van der Waals surface area contributed by atoms with E-state index in [1.165, 1.54) is 18.3 Å². The van der Waals surface area contributed by atoms with Crippen molar-refractivity contribution in [2.45, 2.75) is 31.8 Å². The zero-order valence-corrected chi connectivity index (χ0v) is 22.2. The number of nitrogens with zero attached hydrogens (tertiary/aromatic N) is 5. The third-order valence-corrected chi connectivity index (χ3v) is 7.36. The molecule has 0 saturated heterocycles. The van der Waals surface area contributed by atoms with Crippen molar-refractivity contribution < 1.29 is 5.76 Å². The van der Waals surface area contributed by atoms with Crippen LogP contribution in [0.1, 0.15) is 48.7 Å². The van der Waals surface area contributed by atoms with E-state index < -0.39 is 11.8 Å². The summed E-state index contributed by atoms with van der Waals surface area (Å²) in [6, 6.07) is 15.4. The Bertz CT molecular complexity index is 1800. The van der Waals surface area contributed by atoms with Crippen LogP contribution in [0.25, 0.3) is 10.9 Å². The zero-order chi connectivity index (χ0) is 28.0. The lowest BCUT2D eigenvalue weighted by atomic mass is 10.0. The SMILES string of the molecule is [2H][C@](Nc1cc(Cl)c2ncc(C#N)c(Nc3cccc(Cl)c3C)c2c1)(c1ccc(F)cc1)c1cn(C2CC2)nn1. The lowest BCUT2D eigenvalue weighted by Gasteiger charge is -2.20. The molecule has 2 aromatic heterocycles. The van der Waals surface area contributed by atoms with Crippen molar-refractivity contribution in [1.82, 2.24) is 20.0 Å². The Balaban J connectivity index is 1.48. The summed E-state index contributed by atoms with van der Waals surface area (Å²) in [7, 11) is 0. The fourth-order valence-electron chi connectivity index (χ4n) is 4.38. The molecule has 1 fully saturated rings. The molecule has 0 aliphatic heterocycles. The number of pyridine rings is 1. The molecule has 5 aromatic rings. The van der Waals surface area contributed by atoms with E-state index in [2.05, 4.69) is 32.0 Å². The minimum Gasteiger partial charge on any atom is -0.373 e. The molecule has 1 aliphatic rings. The number of hydrogen-bond donors (Lipinski definition) is 2. The van der Waals surface area contributed by atoms with Gasteiger partial charge in [-0.1, -0.05) is 46.6 Å². The van der Waals surface area contributed by atoms with Crippen LogP contribution in [0.15, 0.2) is 67.0 Å². The van der Waals surface area contributed by atoms with Gasteiger partial charge in [-0.15, -0.1) is 5.10 Å². The molecule has 3 aromatic carbocycles. The molecule has 1 atom stereocenters. The number of aromatic nitrogens is 4. The largest absolute Gasteiger partial charge is 0.373 e. The number of benzene rings is 3. The Labute approximate surface area is 235 Å². The van der Waals surface area contributed by atoms with Gasteiger partial charge in [0.2, 0.25) is 0 Å². The quantitative estimate of drug-likeness (QED) is 0.212. The number of halogens is 3. The van der Waals surface area contributed by atoms with Crippen molar-refractivity contribution in [2.75, 3.05) is 10.6 Å². The number of fused-ring (bicyclic) bond motifs is 1. The lowest BCUT2D eigenvalue weighted by Crippen LogP contribution is -2.13. The van der Waals surface area contributed by atoms with E-state index in [4.69, 9.17) is 23.2 Å². The molecule has 10 heteroatoms. The van der Waals surface area contributed by atoms with E-state index in [1.807, 2.05) is 19.1 Å². The molecule has 6 rings (SSSR count). The Kier molecular flexibility index (Phi) is 6.23. The number of hydrogen-bond acceptors (Lipinski definition) is 6. The molecule has 0 unspecified atom stereocenters. The van der Waals surface area contributed by atoms with E-state index >= 15 is 0 Å². The van der Waals surface area contributed by atoms with Gasteiger partial charge < -0.3 is 10.6 Å². The number of nitriles is 1. The van der Waals surface area contributed by atoms with Crippen LogP contribution >= 0.6 is 23.2 Å². The van der Waals surface area contributed by atoms with Crippen molar-refractivity contribution >= 4 is 51.2 Å². The second kappa shape index (κ2) is 10.2. The highest BCUT2D eigenvalue weighted by atomic mass is 35.5. The predicted molar refractivity (Wildman–Crippen MR) is 151 cm³/mol. The summed E-state index contributed by atoms with van der Waals surface area (Å²) in [6.45, 7) is 1.88. The van der Waals surface area contributed by atoms with E-state index in [9.17, 15) is 11.0 Å². The molecule has 0 radical (unpaired) electrons. The van der Waals surface area contributed by atoms with Gasteiger partial charge in [0.25, 0.3) is 0 Å². The maximum atomic E-state index is 13.8. The minimum atomic E-state index is -1.63. The van der Waals surface area contributed by atoms with Crippen LogP contribution in [0, 0.1) is 24.1 Å². The first-order chi connectivity index (χ1) is 19.3. The summed E-state index contributed by atoms with van der Waals surface area (Å²) in [5.41, 5.74) is 4.11. The standard InChI is InChI=1S/C29H22Cl2FN7/c1-16-23(30)3-2-4-25(16)36-27-18(13-33)14-34-29-22(27)11-20(12-24(29)31)35-28(17-5-7-19(32)8-6-17)26-15-39(38-37-26)21-9-10-21/h2-8,11-12,14-15,21,28,35H,9-10H2,1H3,(H,34,36)/t28-/m0/s1/i28D. The molecule has 7 nitrogen and oxygen atoms in total. The fraction of sp³-hybridized carbons (Fsp3) is 0.172. The van der Waals surface area contributed by atoms with Crippen LogP contribution in [0.2, 0.25) is 10.0 Å². The zero-order valence-electron chi connectivity index (χ0n) is 21.7. The number of anilines is 3. The van der Waals surface area contributed by atoms with Crippen molar-refractivity contribution in [1.29, 1.82) is 5.26 Å². The predicted octanol–water partition coefficient (Wildman–Crippen LogP) is 7.73. The first-order valence-corrected chi connectivity index (χ1v) is 13.0. The summed E-state index contributed by atoms with van der Waals surface area (Å²) in [6.07, 6.45) is 5.23. The normalized spacial score (nSPS) is 14.9. The van der Waals surface area contributed by atoms with Crippen molar-refractivity contribution in [3.05, 3.63) is 105 Å². The highest BCUT2D eigenvalue weighted by Crippen LogP contribution is 2.38. The molecule has 2 heterocycles. The highest BCUT2D eigenvalue weighted by molar-refractivity contribution is 6.36. The molecule has 2 N–H and O–H groups in total. The van der Waals surface area contributed by atoms with Gasteiger partial charge in [-0.05, 0) is 67.3 Å². The van der Waals surface area contributed by atoms with E-state index in [0.29, 0.717) is 49.1 Å². The fourth-order valence-corrected chi connectivity index (χ4v) is 4.83. The van der Waals surface area contributed by atoms with Gasteiger partial charge in [-0.3, -0.25) is 4.98 Å². The van der Waals surface area contributed by atoms with Crippen molar-refractivity contribution in [3.63, 3.8) is 0 Å². The average molecular weight is 559 g/mol. The molecule has 194 valence electrons. The minimum absolute atomic E-state index is 0.271. The van der Waals surface area contributed by atoms with Gasteiger partial charge in [0.1, 0.15) is 17.6 Å². The third kappa shape index (κ3) is 4.99. The molecule has 0 bridgehead atoms. The van der Waals surface area contributed by atoms with Crippen molar-refractivity contribution in [3.8, 4) is 6.07 Å². The summed E-state index contributed by atoms with van der Waals surface area (Å²) >= 11 is 13.0. The smallest absolute Gasteiger partial charge is 0.123 e. The topological polar surface area (TPSA) is 91.5 Å². The van der Waals surface area contributed by atoms with Crippen LogP contribution in [-0.2, 0) is 0 Å². The van der Waals surface area contributed by atoms with Gasteiger partial charge in [0, 0.05) is 28.0 Å². The summed E-state index contributed by atoms with van der Waals surface area (Å²) in [5, 5.41) is 26.5. The van der Waals surface area contributed by atoms with Crippen LogP contribution in [-0.4, -0.2) is 20.0 Å². The van der Waals surface area contributed by atoms with Crippen LogP contribution in [0.4, 0.5) is 21.5 Å². The Morgan fingerprint density at radius 2 is 1.95 bits per heavy atom. The molecular formula is C29H22Cl2FN7. The van der Waals surface area contributed by atoms with Crippen LogP contribution < -0.4 is 10.6 Å². The van der Waals surface area contributed by atoms with Crippen LogP contribution in [0.3, 0.4) is 0 Å². The second-order valence-corrected chi connectivity index (χ2v) is 10.2. The van der Waals surface area contributed by atoms with Crippen LogP contribution in [0.5, 0.6) is 0 Å². The highest BCUT2D eigenvalue weighted by Gasteiger charge is 2.27. The monoisotopic (exact) mass is 558 g/mol. The lowest BCUT2D eigenvalue weighted by molar-refractivity contribution is 0.610. The van der Waals surface area contributed by atoms with E-state index in [0.717, 1.165) is 24.1 Å². The van der Waals surface area contributed by atoms with Crippen molar-refractivity contribution in [2.24, 2.45) is 0 Å². The molecule has 0 amide bonds. The molecule has 39 heavy (non-hydrogen) atoms. The first-order valence-electron chi connectivity index (χ1n) is 12.8. The first kappa shape index (κ1) is 23.9. The summed E-state index contributed by atoms with van der Waals surface area (Å²) in [5.74, 6) is -0.413. The van der Waals surface area contributed by atoms with E-state index in [-0.39, 0.29) is 6.04 Å². The maximum absolute atomic E-state index is 13.8. The Morgan fingerprint density at radius 1 is 1.15 bits per heavy atom. The van der Waals surface area contributed by atoms with Gasteiger partial charge in [0.15, 0.2) is 0 Å². The van der Waals surface area contributed by atoms with E-state index in [1.54, 1.807) is 41.2 Å². The molecule has 1 aliphatic carbocycles. The molecule has 0 spiro atoms. The third-order valence-electron chi connectivity index (χ3n) is 6.66. The van der Waals surface area contributed by atoms with Gasteiger partial charge in [-0.25, -0.2) is 9.07 Å². The van der Waals surface area contributed by atoms with Gasteiger partial charge in [0.05, 0.1) is 41.4 Å². The Hall–Kier alpha value is -4.19. The summed E-state index contributed by atoms with van der Waals surface area (Å²) < 4.78 is 25.1.